The number of aryl methyl sites for hydroxylation is 2. The summed E-state index contributed by atoms with van der Waals surface area (Å²) in [7, 11) is 0. The van der Waals surface area contributed by atoms with Crippen LogP contribution >= 0.6 is 0 Å². The molecule has 4 rings (SSSR count). The molecule has 0 spiro atoms. The van der Waals surface area contributed by atoms with Crippen molar-refractivity contribution in [1.29, 1.82) is 0 Å². The monoisotopic (exact) mass is 392 g/mol. The molecule has 0 aromatic carbocycles. The van der Waals surface area contributed by atoms with Crippen molar-refractivity contribution in [2.24, 2.45) is 5.73 Å². The number of aromatic nitrogens is 4. The first kappa shape index (κ1) is 19.8. The van der Waals surface area contributed by atoms with Crippen molar-refractivity contribution in [3.63, 3.8) is 0 Å². The van der Waals surface area contributed by atoms with Gasteiger partial charge in [-0.05, 0) is 46.0 Å². The molecule has 29 heavy (non-hydrogen) atoms. The van der Waals surface area contributed by atoms with Crippen LogP contribution in [0.4, 0.5) is 0 Å². The van der Waals surface area contributed by atoms with Crippen LogP contribution in [0.1, 0.15) is 73.9 Å². The fourth-order valence-corrected chi connectivity index (χ4v) is 4.37. The standard InChI is InChI=1S/C23H32N6/c1-5-20(23-22(15(3)24)27-21(6-2)16(4)26-23)17-13-25-29(14-17)19-9-11-28(12-10-19)18-7-8-18/h5,13-14,18-19H,3,6-12,24H2,1-2,4H3/b20-5-. The first-order valence-corrected chi connectivity index (χ1v) is 10.8. The zero-order valence-corrected chi connectivity index (χ0v) is 17.9. The fourth-order valence-electron chi connectivity index (χ4n) is 4.37. The van der Waals surface area contributed by atoms with E-state index in [0.29, 0.717) is 17.4 Å². The van der Waals surface area contributed by atoms with E-state index in [0.717, 1.165) is 53.5 Å². The maximum absolute atomic E-state index is 6.07. The van der Waals surface area contributed by atoms with Crippen molar-refractivity contribution in [3.8, 4) is 0 Å². The van der Waals surface area contributed by atoms with Crippen molar-refractivity contribution in [2.45, 2.75) is 65.0 Å². The zero-order valence-electron chi connectivity index (χ0n) is 17.9. The molecule has 1 saturated carbocycles. The van der Waals surface area contributed by atoms with Gasteiger partial charge in [-0.25, -0.2) is 9.97 Å². The number of rotatable bonds is 6. The maximum Gasteiger partial charge on any atom is 0.112 e. The van der Waals surface area contributed by atoms with E-state index in [9.17, 15) is 0 Å². The lowest BCUT2D eigenvalue weighted by atomic mass is 10.0. The van der Waals surface area contributed by atoms with Gasteiger partial charge in [0.05, 0.1) is 35.0 Å². The summed E-state index contributed by atoms with van der Waals surface area (Å²) >= 11 is 0. The highest BCUT2D eigenvalue weighted by Crippen LogP contribution is 2.33. The highest BCUT2D eigenvalue weighted by atomic mass is 15.3. The molecule has 1 aliphatic carbocycles. The van der Waals surface area contributed by atoms with E-state index in [-0.39, 0.29) is 0 Å². The predicted octanol–water partition coefficient (Wildman–Crippen LogP) is 3.72. The molecule has 0 atom stereocenters. The van der Waals surface area contributed by atoms with Gasteiger partial charge in [-0.2, -0.15) is 5.10 Å². The SMILES string of the molecule is C=C(N)c1nc(CC)c(C)nc1/C(=C\C)c1cnn(C2CCN(C3CC3)CC2)c1. The summed E-state index contributed by atoms with van der Waals surface area (Å²) in [6.07, 6.45) is 12.1. The Bertz CT molecular complexity index is 929. The third-order valence-corrected chi connectivity index (χ3v) is 6.20. The Labute approximate surface area is 173 Å². The zero-order chi connectivity index (χ0) is 20.5. The first-order chi connectivity index (χ1) is 14.0. The highest BCUT2D eigenvalue weighted by Gasteiger charge is 2.32. The van der Waals surface area contributed by atoms with E-state index < -0.39 is 0 Å². The molecule has 2 aromatic heterocycles. The average molecular weight is 393 g/mol. The minimum absolute atomic E-state index is 0.446. The van der Waals surface area contributed by atoms with Gasteiger partial charge < -0.3 is 10.6 Å². The fraction of sp³-hybridized carbons (Fsp3) is 0.522. The third-order valence-electron chi connectivity index (χ3n) is 6.20. The number of piperidine rings is 1. The second-order valence-electron chi connectivity index (χ2n) is 8.24. The number of allylic oxidation sites excluding steroid dienone is 1. The summed E-state index contributed by atoms with van der Waals surface area (Å²) in [6, 6.07) is 1.32. The predicted molar refractivity (Wildman–Crippen MR) is 117 cm³/mol. The third kappa shape index (κ3) is 3.99. The molecule has 0 bridgehead atoms. The van der Waals surface area contributed by atoms with E-state index in [1.807, 2.05) is 20.0 Å². The van der Waals surface area contributed by atoms with Crippen LogP contribution in [0, 0.1) is 6.92 Å². The Morgan fingerprint density at radius 3 is 2.48 bits per heavy atom. The van der Waals surface area contributed by atoms with E-state index in [1.165, 1.54) is 25.9 Å². The second kappa shape index (κ2) is 8.11. The number of likely N-dealkylation sites (tertiary alicyclic amines) is 1. The van der Waals surface area contributed by atoms with Gasteiger partial charge in [-0.15, -0.1) is 0 Å². The van der Waals surface area contributed by atoms with Gasteiger partial charge in [0.1, 0.15) is 5.69 Å². The molecule has 2 fully saturated rings. The van der Waals surface area contributed by atoms with Crippen LogP contribution in [0.15, 0.2) is 25.0 Å². The minimum Gasteiger partial charge on any atom is -0.397 e. The maximum atomic E-state index is 6.07. The normalized spacial score (nSPS) is 18.9. The Morgan fingerprint density at radius 1 is 1.17 bits per heavy atom. The lowest BCUT2D eigenvalue weighted by Gasteiger charge is -2.32. The molecule has 154 valence electrons. The topological polar surface area (TPSA) is 72.9 Å². The molecule has 2 N–H and O–H groups in total. The molecule has 6 heteroatoms. The smallest absolute Gasteiger partial charge is 0.112 e. The Morgan fingerprint density at radius 2 is 1.90 bits per heavy atom. The van der Waals surface area contributed by atoms with Crippen molar-refractivity contribution < 1.29 is 0 Å². The molecule has 0 unspecified atom stereocenters. The van der Waals surface area contributed by atoms with Crippen LogP contribution in [0.2, 0.25) is 0 Å². The number of nitrogens with zero attached hydrogens (tertiary/aromatic N) is 5. The minimum atomic E-state index is 0.446. The largest absolute Gasteiger partial charge is 0.397 e. The van der Waals surface area contributed by atoms with Crippen molar-refractivity contribution in [3.05, 3.63) is 53.4 Å². The second-order valence-corrected chi connectivity index (χ2v) is 8.24. The Kier molecular flexibility index (Phi) is 5.54. The molecule has 6 nitrogen and oxygen atoms in total. The van der Waals surface area contributed by atoms with E-state index in [2.05, 4.69) is 35.4 Å². The molecular weight excluding hydrogens is 360 g/mol. The van der Waals surface area contributed by atoms with Gasteiger partial charge in [0, 0.05) is 36.5 Å². The van der Waals surface area contributed by atoms with Crippen LogP contribution in [0.3, 0.4) is 0 Å². The highest BCUT2D eigenvalue weighted by molar-refractivity contribution is 5.82. The lowest BCUT2D eigenvalue weighted by Crippen LogP contribution is -2.36. The van der Waals surface area contributed by atoms with E-state index >= 15 is 0 Å². The Hall–Kier alpha value is -2.47. The number of hydrogen-bond acceptors (Lipinski definition) is 5. The quantitative estimate of drug-likeness (QED) is 0.811. The molecule has 1 saturated heterocycles. The molecular formula is C23H32N6. The van der Waals surface area contributed by atoms with Gasteiger partial charge in [-0.1, -0.05) is 19.6 Å². The summed E-state index contributed by atoms with van der Waals surface area (Å²) in [5.74, 6) is 0. The average Bonchev–Trinajstić information content (AvgIpc) is 3.46. The summed E-state index contributed by atoms with van der Waals surface area (Å²) in [5, 5.41) is 4.71. The lowest BCUT2D eigenvalue weighted by molar-refractivity contribution is 0.172. The van der Waals surface area contributed by atoms with Crippen molar-refractivity contribution >= 4 is 11.3 Å². The summed E-state index contributed by atoms with van der Waals surface area (Å²) in [4.78, 5) is 12.3. The van der Waals surface area contributed by atoms with E-state index in [1.54, 1.807) is 0 Å². The molecule has 2 aliphatic rings. The van der Waals surface area contributed by atoms with Crippen LogP contribution in [-0.2, 0) is 6.42 Å². The number of hydrogen-bond donors (Lipinski definition) is 1. The first-order valence-electron chi connectivity index (χ1n) is 10.8. The van der Waals surface area contributed by atoms with Crippen LogP contribution < -0.4 is 5.73 Å². The van der Waals surface area contributed by atoms with Crippen molar-refractivity contribution in [1.82, 2.24) is 24.6 Å². The van der Waals surface area contributed by atoms with Crippen LogP contribution in [-0.4, -0.2) is 43.8 Å². The van der Waals surface area contributed by atoms with E-state index in [4.69, 9.17) is 20.8 Å². The Balaban J connectivity index is 1.59. The van der Waals surface area contributed by atoms with Crippen LogP contribution in [0.5, 0.6) is 0 Å². The number of nitrogens with two attached hydrogens (primary N) is 1. The summed E-state index contributed by atoms with van der Waals surface area (Å²) < 4.78 is 2.14. The van der Waals surface area contributed by atoms with Gasteiger partial charge in [-0.3, -0.25) is 4.68 Å². The van der Waals surface area contributed by atoms with Gasteiger partial charge in [0.15, 0.2) is 0 Å². The van der Waals surface area contributed by atoms with Crippen LogP contribution in [0.25, 0.3) is 11.3 Å². The summed E-state index contributed by atoms with van der Waals surface area (Å²) in [6.45, 7) is 12.4. The molecule has 0 amide bonds. The molecule has 2 aromatic rings. The molecule has 3 heterocycles. The molecule has 1 aliphatic heterocycles. The van der Waals surface area contributed by atoms with Gasteiger partial charge >= 0.3 is 0 Å². The van der Waals surface area contributed by atoms with Gasteiger partial charge in [0.25, 0.3) is 0 Å². The van der Waals surface area contributed by atoms with Gasteiger partial charge in [0.2, 0.25) is 0 Å². The summed E-state index contributed by atoms with van der Waals surface area (Å²) in [5.41, 5.74) is 11.9. The molecule has 0 radical (unpaired) electrons. The van der Waals surface area contributed by atoms with Crippen molar-refractivity contribution in [2.75, 3.05) is 13.1 Å².